The summed E-state index contributed by atoms with van der Waals surface area (Å²) in [7, 11) is 8.45. The minimum atomic E-state index is -1.12. The van der Waals surface area contributed by atoms with Gasteiger partial charge in [-0.15, -0.1) is 0 Å². The fourth-order valence-corrected chi connectivity index (χ4v) is 14.8. The summed E-state index contributed by atoms with van der Waals surface area (Å²) >= 11 is 7.46. The van der Waals surface area contributed by atoms with Crippen molar-refractivity contribution in [3.05, 3.63) is 271 Å². The molecule has 3 heterocycles. The molecule has 476 valence electrons. The quantitative estimate of drug-likeness (QED) is 0.0933. The molecule has 93 heavy (non-hydrogen) atoms. The van der Waals surface area contributed by atoms with E-state index >= 15 is 0 Å². The van der Waals surface area contributed by atoms with Crippen molar-refractivity contribution in [2.24, 2.45) is 0 Å². The number of hydrogen-bond acceptors (Lipinski definition) is 8. The van der Waals surface area contributed by atoms with Crippen LogP contribution in [0.4, 0.5) is 0 Å². The lowest BCUT2D eigenvalue weighted by atomic mass is 9.96. The second kappa shape index (κ2) is 28.6. The zero-order valence-electron chi connectivity index (χ0n) is 54.8. The molecule has 10 aromatic carbocycles. The third kappa shape index (κ3) is 14.6. The molecule has 0 radical (unpaired) electrons. The molecule has 2 aromatic heterocycles. The first kappa shape index (κ1) is 64.9. The zero-order chi connectivity index (χ0) is 64.9. The van der Waals surface area contributed by atoms with Crippen LogP contribution in [0.15, 0.2) is 215 Å². The van der Waals surface area contributed by atoms with E-state index in [2.05, 4.69) is 298 Å². The van der Waals surface area contributed by atoms with Gasteiger partial charge in [-0.1, -0.05) is 158 Å². The lowest BCUT2D eigenvalue weighted by Crippen LogP contribution is -2.47. The molecule has 0 unspecified atom stereocenters. The molecule has 1 aliphatic heterocycles. The van der Waals surface area contributed by atoms with Crippen molar-refractivity contribution in [2.75, 3.05) is 67.5 Å². The highest BCUT2D eigenvalue weighted by Crippen LogP contribution is 2.45. The Bertz CT molecular complexity index is 4470. The van der Waals surface area contributed by atoms with Crippen LogP contribution in [0.25, 0.3) is 55.0 Å². The minimum absolute atomic E-state index is 0.306. The van der Waals surface area contributed by atoms with Gasteiger partial charge in [0.2, 0.25) is 0 Å². The molecular formula is C81H84Br2N6O4. The number of fused-ring (bicyclic) bond motifs is 8. The van der Waals surface area contributed by atoms with Crippen molar-refractivity contribution in [3.8, 4) is 34.4 Å². The van der Waals surface area contributed by atoms with E-state index in [1.54, 1.807) is 0 Å². The summed E-state index contributed by atoms with van der Waals surface area (Å²) in [6.07, 6.45) is 2.63. The zero-order valence-corrected chi connectivity index (χ0v) is 57.9. The van der Waals surface area contributed by atoms with E-state index in [0.29, 0.717) is 37.3 Å². The predicted molar refractivity (Wildman–Crippen MR) is 391 cm³/mol. The molecule has 12 aromatic rings. The Hall–Kier alpha value is -8.20. The van der Waals surface area contributed by atoms with Crippen LogP contribution >= 0.6 is 31.9 Å². The van der Waals surface area contributed by atoms with E-state index < -0.39 is 5.79 Å². The number of hydrogen-bond donors (Lipinski definition) is 2. The standard InChI is InChI=1S/C48H48BrN3O2.C33H36BrN3O2/c1-34-27-38-23-24-51(26-25-50(3)4)33-39-28-35(2)30-45(52-43-21-13-11-19-40(43)41-20-12-14-22-44(41)52)47(39)54-48(53-46(38)42(49)29-34,31-36-15-7-5-8-16-36)32-37-17-9-6-10-18-37;1-22-17-24(32(38)28(34)19-22)13-14-36(16-15-35(3)4)21-25-18-23(2)20-31(33(25)39)37-29-11-7-5-9-26(29)27-10-6-8-12-30(27)37/h5-22,27-30H,23-26,31-33H2,1-4H3;5-12,17-20,38-39H,13-16,21H2,1-4H3. The average molecular weight is 1370 g/mol. The molecule has 0 amide bonds. The van der Waals surface area contributed by atoms with Gasteiger partial charge in [0.05, 0.1) is 55.2 Å². The fourth-order valence-electron chi connectivity index (χ4n) is 13.5. The minimum Gasteiger partial charge on any atom is -0.506 e. The molecule has 10 nitrogen and oxygen atoms in total. The van der Waals surface area contributed by atoms with Crippen LogP contribution in [-0.4, -0.2) is 112 Å². The normalized spacial score (nSPS) is 13.5. The third-order valence-electron chi connectivity index (χ3n) is 17.9. The van der Waals surface area contributed by atoms with Crippen molar-refractivity contribution in [1.82, 2.24) is 28.7 Å². The number of aromatic hydroxyl groups is 2. The number of aryl methyl sites for hydroxylation is 4. The van der Waals surface area contributed by atoms with Gasteiger partial charge in [0.15, 0.2) is 5.75 Å². The Morgan fingerprint density at radius 3 is 1.46 bits per heavy atom. The molecule has 12 heteroatoms. The van der Waals surface area contributed by atoms with E-state index in [-0.39, 0.29) is 0 Å². The third-order valence-corrected chi connectivity index (χ3v) is 19.1. The van der Waals surface area contributed by atoms with Crippen molar-refractivity contribution in [1.29, 1.82) is 0 Å². The maximum atomic E-state index is 11.7. The maximum absolute atomic E-state index is 11.7. The summed E-state index contributed by atoms with van der Waals surface area (Å²) in [5.41, 5.74) is 17.3. The SMILES string of the molecule is Cc1cc(Br)c(O)c(CCN(CCN(C)C)Cc2cc(C)cc(-n3c4ccccc4c4ccccc43)c2O)c1.Cc1cc(Br)c2c(c1)CCN(CCN(C)C)Cc1cc(C)cc(-n3c4ccccc4c4ccccc43)c1OC(Cc1ccccc1)(Cc1ccccc1)O2. The van der Waals surface area contributed by atoms with Crippen molar-refractivity contribution >= 4 is 75.5 Å². The summed E-state index contributed by atoms with van der Waals surface area (Å²) in [5.74, 6) is 1.18. The lowest BCUT2D eigenvalue weighted by Gasteiger charge is -2.37. The smallest absolute Gasteiger partial charge is 0.259 e. The van der Waals surface area contributed by atoms with Crippen molar-refractivity contribution in [3.63, 3.8) is 0 Å². The van der Waals surface area contributed by atoms with Crippen LogP contribution < -0.4 is 9.47 Å². The van der Waals surface area contributed by atoms with Gasteiger partial charge in [-0.2, -0.15) is 0 Å². The van der Waals surface area contributed by atoms with Crippen LogP contribution in [0, 0.1) is 27.7 Å². The Balaban J connectivity index is 0.000000189. The number of benzene rings is 10. The number of nitrogens with zero attached hydrogens (tertiary/aromatic N) is 6. The molecule has 0 bridgehead atoms. The predicted octanol–water partition coefficient (Wildman–Crippen LogP) is 17.9. The summed E-state index contributed by atoms with van der Waals surface area (Å²) in [5, 5.41) is 27.1. The highest BCUT2D eigenvalue weighted by Gasteiger charge is 2.40. The van der Waals surface area contributed by atoms with E-state index in [4.69, 9.17) is 9.47 Å². The van der Waals surface area contributed by atoms with Crippen LogP contribution in [0.2, 0.25) is 0 Å². The van der Waals surface area contributed by atoms with E-state index in [1.165, 1.54) is 38.2 Å². The molecule has 0 aliphatic carbocycles. The number of ether oxygens (including phenoxy) is 2. The summed E-state index contributed by atoms with van der Waals surface area (Å²) in [6.45, 7) is 15.1. The highest BCUT2D eigenvalue weighted by atomic mass is 79.9. The molecule has 0 fully saturated rings. The second-order valence-electron chi connectivity index (χ2n) is 25.9. The number of rotatable bonds is 17. The lowest BCUT2D eigenvalue weighted by molar-refractivity contribution is -0.113. The van der Waals surface area contributed by atoms with Crippen LogP contribution in [0.3, 0.4) is 0 Å². The van der Waals surface area contributed by atoms with Gasteiger partial charge in [-0.3, -0.25) is 9.80 Å². The Morgan fingerprint density at radius 1 is 0.452 bits per heavy atom. The number of phenols is 2. The number of aromatic nitrogens is 2. The Morgan fingerprint density at radius 2 is 0.903 bits per heavy atom. The largest absolute Gasteiger partial charge is 0.506 e. The molecule has 13 rings (SSSR count). The molecule has 0 saturated heterocycles. The molecule has 1 aliphatic rings. The summed E-state index contributed by atoms with van der Waals surface area (Å²) < 4.78 is 21.7. The second-order valence-corrected chi connectivity index (χ2v) is 27.6. The first-order valence-corrected chi connectivity index (χ1v) is 34.0. The van der Waals surface area contributed by atoms with Gasteiger partial charge >= 0.3 is 0 Å². The average Bonchev–Trinajstić information content (AvgIpc) is 1.63. The number of likely N-dealkylation sites (N-methyl/N-ethyl adjacent to an activating group) is 2. The number of para-hydroxylation sites is 4. The van der Waals surface area contributed by atoms with Crippen molar-refractivity contribution in [2.45, 2.75) is 72.3 Å². The molecule has 0 saturated carbocycles. The van der Waals surface area contributed by atoms with Gasteiger partial charge in [0, 0.05) is 85.0 Å². The van der Waals surface area contributed by atoms with Crippen LogP contribution in [-0.2, 0) is 38.8 Å². The first-order valence-electron chi connectivity index (χ1n) is 32.4. The monoisotopic (exact) mass is 1360 g/mol. The Kier molecular flexibility index (Phi) is 19.9. The van der Waals surface area contributed by atoms with Gasteiger partial charge in [-0.25, -0.2) is 0 Å². The van der Waals surface area contributed by atoms with Crippen LogP contribution in [0.1, 0.15) is 55.6 Å². The summed E-state index contributed by atoms with van der Waals surface area (Å²) in [4.78, 5) is 9.39. The molecule has 0 spiro atoms. The topological polar surface area (TPSA) is 81.7 Å². The van der Waals surface area contributed by atoms with Crippen LogP contribution in [0.5, 0.6) is 23.0 Å². The molecular weight excluding hydrogens is 1280 g/mol. The Labute approximate surface area is 565 Å². The van der Waals surface area contributed by atoms with Gasteiger partial charge in [0.1, 0.15) is 17.2 Å². The molecule has 2 N–H and O–H groups in total. The maximum Gasteiger partial charge on any atom is 0.259 e. The van der Waals surface area contributed by atoms with Gasteiger partial charge in [-0.05, 0) is 194 Å². The van der Waals surface area contributed by atoms with E-state index in [1.807, 2.05) is 25.1 Å². The van der Waals surface area contributed by atoms with Gasteiger partial charge < -0.3 is 38.6 Å². The highest BCUT2D eigenvalue weighted by molar-refractivity contribution is 9.11. The molecule has 0 atom stereocenters. The van der Waals surface area contributed by atoms with E-state index in [0.717, 1.165) is 145 Å². The number of phenolic OH excluding ortho intramolecular Hbond substituents is 2. The van der Waals surface area contributed by atoms with Crippen molar-refractivity contribution < 1.29 is 19.7 Å². The van der Waals surface area contributed by atoms with Gasteiger partial charge in [0.25, 0.3) is 5.79 Å². The fraction of sp³-hybridized carbons (Fsp3) is 0.259. The number of halogens is 2. The summed E-state index contributed by atoms with van der Waals surface area (Å²) in [6, 6.07) is 72.7. The van der Waals surface area contributed by atoms with E-state index in [9.17, 15) is 10.2 Å². The first-order chi connectivity index (χ1) is 45.0.